The summed E-state index contributed by atoms with van der Waals surface area (Å²) in [6.45, 7) is 0.460. The number of hydrogen-bond acceptors (Lipinski definition) is 4. The quantitative estimate of drug-likeness (QED) is 0.757. The highest BCUT2D eigenvalue weighted by atomic mass is 35.5. The lowest BCUT2D eigenvalue weighted by molar-refractivity contribution is -0.116. The third-order valence-electron chi connectivity index (χ3n) is 3.05. The van der Waals surface area contributed by atoms with Crippen LogP contribution in [0.2, 0.25) is 5.02 Å². The summed E-state index contributed by atoms with van der Waals surface area (Å²) in [6, 6.07) is 8.10. The first kappa shape index (κ1) is 16.9. The van der Waals surface area contributed by atoms with Crippen LogP contribution in [0.3, 0.4) is 0 Å². The molecule has 0 bridgehead atoms. The number of halogens is 1. The van der Waals surface area contributed by atoms with E-state index in [-0.39, 0.29) is 11.8 Å². The minimum atomic E-state index is -0.305. The Morgan fingerprint density at radius 2 is 1.87 bits per heavy atom. The van der Waals surface area contributed by atoms with Crippen molar-refractivity contribution in [2.75, 3.05) is 17.2 Å². The molecule has 7 heteroatoms. The number of nitrogens with two attached hydrogens (primary N) is 1. The van der Waals surface area contributed by atoms with E-state index in [1.54, 1.807) is 30.3 Å². The van der Waals surface area contributed by atoms with Gasteiger partial charge in [-0.05, 0) is 43.3 Å². The Labute approximate surface area is 139 Å². The van der Waals surface area contributed by atoms with E-state index in [0.29, 0.717) is 41.3 Å². The molecule has 1 aromatic carbocycles. The molecule has 120 valence electrons. The third-order valence-corrected chi connectivity index (χ3v) is 3.38. The second-order valence-corrected chi connectivity index (χ2v) is 5.23. The first-order valence-electron chi connectivity index (χ1n) is 7.11. The number of nitrogens with zero attached hydrogens (tertiary/aromatic N) is 1. The van der Waals surface area contributed by atoms with Crippen molar-refractivity contribution in [2.45, 2.75) is 12.8 Å². The van der Waals surface area contributed by atoms with Crippen molar-refractivity contribution < 1.29 is 9.59 Å². The lowest BCUT2D eigenvalue weighted by atomic mass is 10.2. The molecule has 23 heavy (non-hydrogen) atoms. The molecular weight excluding hydrogens is 316 g/mol. The Balaban J connectivity index is 2.08. The van der Waals surface area contributed by atoms with E-state index in [0.717, 1.165) is 0 Å². The van der Waals surface area contributed by atoms with Gasteiger partial charge in [0.05, 0.1) is 10.7 Å². The van der Waals surface area contributed by atoms with Gasteiger partial charge in [0, 0.05) is 30.1 Å². The van der Waals surface area contributed by atoms with Gasteiger partial charge in [0.1, 0.15) is 0 Å². The number of amides is 2. The highest BCUT2D eigenvalue weighted by molar-refractivity contribution is 6.34. The third kappa shape index (κ3) is 5.05. The van der Waals surface area contributed by atoms with Crippen LogP contribution >= 0.6 is 11.6 Å². The van der Waals surface area contributed by atoms with E-state index in [9.17, 15) is 9.59 Å². The lowest BCUT2D eigenvalue weighted by Gasteiger charge is -2.10. The Morgan fingerprint density at radius 1 is 1.13 bits per heavy atom. The molecule has 1 aromatic heterocycles. The van der Waals surface area contributed by atoms with Gasteiger partial charge in [-0.15, -0.1) is 0 Å². The van der Waals surface area contributed by atoms with E-state index in [1.807, 2.05) is 0 Å². The monoisotopic (exact) mass is 332 g/mol. The minimum absolute atomic E-state index is 0.135. The van der Waals surface area contributed by atoms with Crippen LogP contribution in [0.5, 0.6) is 0 Å². The Hall–Kier alpha value is -2.44. The van der Waals surface area contributed by atoms with E-state index >= 15 is 0 Å². The van der Waals surface area contributed by atoms with Crippen molar-refractivity contribution in [1.82, 2.24) is 4.98 Å². The largest absolute Gasteiger partial charge is 0.330 e. The zero-order chi connectivity index (χ0) is 16.7. The van der Waals surface area contributed by atoms with Crippen LogP contribution < -0.4 is 16.4 Å². The second kappa shape index (κ2) is 8.26. The number of benzene rings is 1. The maximum atomic E-state index is 12.1. The van der Waals surface area contributed by atoms with Gasteiger partial charge < -0.3 is 16.4 Å². The summed E-state index contributed by atoms with van der Waals surface area (Å²) in [7, 11) is 0. The molecule has 0 aliphatic heterocycles. The van der Waals surface area contributed by atoms with Gasteiger partial charge in [-0.2, -0.15) is 0 Å². The fourth-order valence-electron chi connectivity index (χ4n) is 1.88. The van der Waals surface area contributed by atoms with Crippen LogP contribution in [-0.2, 0) is 4.79 Å². The van der Waals surface area contributed by atoms with Crippen molar-refractivity contribution in [1.29, 1.82) is 0 Å². The predicted octanol–water partition coefficient (Wildman–Crippen LogP) is 2.66. The summed E-state index contributed by atoms with van der Waals surface area (Å²) in [6.07, 6.45) is 4.03. The average molecular weight is 333 g/mol. The standard InChI is InChI=1S/C16H17ClN4O2/c17-13-4-3-12(20-15(22)2-1-7-18)10-14(13)21-16(23)11-5-8-19-9-6-11/h3-6,8-10H,1-2,7,18H2,(H,20,22)(H,21,23). The average Bonchev–Trinajstić information content (AvgIpc) is 2.56. The summed E-state index contributed by atoms with van der Waals surface area (Å²) < 4.78 is 0. The number of hydrogen-bond donors (Lipinski definition) is 3. The van der Waals surface area contributed by atoms with Gasteiger partial charge in [-0.1, -0.05) is 11.6 Å². The molecule has 2 aromatic rings. The van der Waals surface area contributed by atoms with Gasteiger partial charge in [0.15, 0.2) is 0 Å². The molecule has 0 saturated heterocycles. The normalized spacial score (nSPS) is 10.2. The van der Waals surface area contributed by atoms with Crippen LogP contribution in [0, 0.1) is 0 Å². The molecule has 4 N–H and O–H groups in total. The Morgan fingerprint density at radius 3 is 2.57 bits per heavy atom. The summed E-state index contributed by atoms with van der Waals surface area (Å²) in [5, 5.41) is 5.84. The van der Waals surface area contributed by atoms with Crippen molar-refractivity contribution >= 4 is 34.8 Å². The molecule has 0 fully saturated rings. The van der Waals surface area contributed by atoms with Gasteiger partial charge in [0.2, 0.25) is 5.91 Å². The fourth-order valence-corrected chi connectivity index (χ4v) is 2.05. The van der Waals surface area contributed by atoms with Gasteiger partial charge in [-0.3, -0.25) is 14.6 Å². The van der Waals surface area contributed by atoms with Crippen LogP contribution in [0.4, 0.5) is 11.4 Å². The summed E-state index contributed by atoms with van der Waals surface area (Å²) in [5.41, 5.74) is 6.82. The van der Waals surface area contributed by atoms with E-state index < -0.39 is 0 Å². The Kier molecular flexibility index (Phi) is 6.08. The molecule has 0 radical (unpaired) electrons. The van der Waals surface area contributed by atoms with Crippen molar-refractivity contribution in [2.24, 2.45) is 5.73 Å². The number of rotatable bonds is 6. The number of pyridine rings is 1. The number of anilines is 2. The molecule has 2 rings (SSSR count). The number of carbonyl (C=O) groups excluding carboxylic acids is 2. The summed E-state index contributed by atoms with van der Waals surface area (Å²) >= 11 is 6.09. The lowest BCUT2D eigenvalue weighted by Crippen LogP contribution is -2.15. The Bertz CT molecular complexity index is 692. The number of aromatic nitrogens is 1. The zero-order valence-corrected chi connectivity index (χ0v) is 13.1. The molecular formula is C16H17ClN4O2. The minimum Gasteiger partial charge on any atom is -0.330 e. The number of nitrogens with one attached hydrogen (secondary N) is 2. The van der Waals surface area contributed by atoms with Crippen molar-refractivity contribution in [3.05, 3.63) is 53.3 Å². The first-order chi connectivity index (χ1) is 11.1. The van der Waals surface area contributed by atoms with Crippen molar-refractivity contribution in [3.63, 3.8) is 0 Å². The van der Waals surface area contributed by atoms with Gasteiger partial charge in [-0.25, -0.2) is 0 Å². The SMILES string of the molecule is NCCCC(=O)Nc1ccc(Cl)c(NC(=O)c2ccncc2)c1. The van der Waals surface area contributed by atoms with Gasteiger partial charge in [0.25, 0.3) is 5.91 Å². The highest BCUT2D eigenvalue weighted by Crippen LogP contribution is 2.26. The smallest absolute Gasteiger partial charge is 0.255 e. The highest BCUT2D eigenvalue weighted by Gasteiger charge is 2.10. The van der Waals surface area contributed by atoms with E-state index in [1.165, 1.54) is 12.4 Å². The molecule has 6 nitrogen and oxygen atoms in total. The van der Waals surface area contributed by atoms with Crippen LogP contribution in [-0.4, -0.2) is 23.3 Å². The maximum absolute atomic E-state index is 12.1. The predicted molar refractivity (Wildman–Crippen MR) is 90.6 cm³/mol. The molecule has 1 heterocycles. The molecule has 0 aliphatic rings. The fraction of sp³-hybridized carbons (Fsp3) is 0.188. The molecule has 0 unspecified atom stereocenters. The van der Waals surface area contributed by atoms with Gasteiger partial charge >= 0.3 is 0 Å². The molecule has 0 atom stereocenters. The molecule has 0 aliphatic carbocycles. The summed E-state index contributed by atoms with van der Waals surface area (Å²) in [4.78, 5) is 27.7. The topological polar surface area (TPSA) is 97.1 Å². The molecule has 0 spiro atoms. The summed E-state index contributed by atoms with van der Waals surface area (Å²) in [5.74, 6) is -0.440. The second-order valence-electron chi connectivity index (χ2n) is 4.83. The van der Waals surface area contributed by atoms with Crippen LogP contribution in [0.15, 0.2) is 42.7 Å². The molecule has 2 amide bonds. The molecule has 0 saturated carbocycles. The first-order valence-corrected chi connectivity index (χ1v) is 7.49. The van der Waals surface area contributed by atoms with Crippen molar-refractivity contribution in [3.8, 4) is 0 Å². The van der Waals surface area contributed by atoms with Crippen LogP contribution in [0.25, 0.3) is 0 Å². The van der Waals surface area contributed by atoms with E-state index in [4.69, 9.17) is 17.3 Å². The zero-order valence-electron chi connectivity index (χ0n) is 12.4. The number of carbonyl (C=O) groups is 2. The van der Waals surface area contributed by atoms with E-state index in [2.05, 4.69) is 15.6 Å². The maximum Gasteiger partial charge on any atom is 0.255 e. The van der Waals surface area contributed by atoms with Crippen LogP contribution in [0.1, 0.15) is 23.2 Å².